The van der Waals surface area contributed by atoms with Crippen molar-refractivity contribution >= 4 is 15.7 Å². The van der Waals surface area contributed by atoms with Crippen LogP contribution < -0.4 is 10.1 Å². The Kier molecular flexibility index (Phi) is 7.85. The minimum absolute atomic E-state index is 0.0260. The zero-order chi connectivity index (χ0) is 19.7. The molecule has 5 nitrogen and oxygen atoms in total. The molecular formula is C21H27NO4S. The number of ether oxygens (including phenoxy) is 1. The molecule has 146 valence electrons. The van der Waals surface area contributed by atoms with Crippen LogP contribution in [0.25, 0.3) is 0 Å². The fourth-order valence-electron chi connectivity index (χ4n) is 2.60. The molecule has 1 amide bonds. The van der Waals surface area contributed by atoms with E-state index in [0.29, 0.717) is 12.3 Å². The van der Waals surface area contributed by atoms with Gasteiger partial charge in [0.05, 0.1) is 16.8 Å². The number of carbonyl (C=O) groups is 1. The lowest BCUT2D eigenvalue weighted by Gasteiger charge is -2.10. The Bertz CT molecular complexity index is 815. The minimum Gasteiger partial charge on any atom is -0.491 e. The summed E-state index contributed by atoms with van der Waals surface area (Å²) in [6, 6.07) is 16.3. The van der Waals surface area contributed by atoms with E-state index in [9.17, 15) is 13.2 Å². The summed E-state index contributed by atoms with van der Waals surface area (Å²) in [6.07, 6.45) is 1.68. The summed E-state index contributed by atoms with van der Waals surface area (Å²) < 4.78 is 30.2. The van der Waals surface area contributed by atoms with Gasteiger partial charge in [0, 0.05) is 13.0 Å². The van der Waals surface area contributed by atoms with E-state index in [1.165, 1.54) is 17.7 Å². The first kappa shape index (κ1) is 21.0. The van der Waals surface area contributed by atoms with E-state index < -0.39 is 9.84 Å². The summed E-state index contributed by atoms with van der Waals surface area (Å²) in [5.41, 5.74) is 1.22. The SMILES string of the molecule is CC(C)Oc1ccc(S(=O)(=O)CCC(=O)NCCCc2ccccc2)cc1. The highest BCUT2D eigenvalue weighted by Crippen LogP contribution is 2.18. The second-order valence-electron chi connectivity index (χ2n) is 6.65. The smallest absolute Gasteiger partial charge is 0.221 e. The summed E-state index contributed by atoms with van der Waals surface area (Å²) in [7, 11) is -3.49. The number of hydrogen-bond donors (Lipinski definition) is 1. The quantitative estimate of drug-likeness (QED) is 0.632. The van der Waals surface area contributed by atoms with Crippen LogP contribution in [-0.2, 0) is 21.1 Å². The van der Waals surface area contributed by atoms with E-state index in [2.05, 4.69) is 5.32 Å². The van der Waals surface area contributed by atoms with Crippen molar-refractivity contribution in [2.45, 2.75) is 44.1 Å². The summed E-state index contributed by atoms with van der Waals surface area (Å²) in [5.74, 6) is 0.175. The predicted octanol–water partition coefficient (Wildman–Crippen LogP) is 3.39. The molecule has 27 heavy (non-hydrogen) atoms. The van der Waals surface area contributed by atoms with E-state index in [-0.39, 0.29) is 29.1 Å². The van der Waals surface area contributed by atoms with Crippen molar-refractivity contribution in [1.82, 2.24) is 5.32 Å². The zero-order valence-corrected chi connectivity index (χ0v) is 16.7. The Labute approximate surface area is 161 Å². The normalized spacial score (nSPS) is 11.4. The minimum atomic E-state index is -3.49. The van der Waals surface area contributed by atoms with Crippen LogP contribution in [0.1, 0.15) is 32.3 Å². The van der Waals surface area contributed by atoms with Gasteiger partial charge in [0.1, 0.15) is 5.75 Å². The number of hydrogen-bond acceptors (Lipinski definition) is 4. The third-order valence-corrected chi connectivity index (χ3v) is 5.69. The van der Waals surface area contributed by atoms with Gasteiger partial charge >= 0.3 is 0 Å². The van der Waals surface area contributed by atoms with Gasteiger partial charge in [-0.25, -0.2) is 8.42 Å². The molecule has 0 radical (unpaired) electrons. The molecule has 0 bridgehead atoms. The predicted molar refractivity (Wildman–Crippen MR) is 107 cm³/mol. The molecule has 0 fully saturated rings. The highest BCUT2D eigenvalue weighted by atomic mass is 32.2. The van der Waals surface area contributed by atoms with Crippen molar-refractivity contribution < 1.29 is 17.9 Å². The molecule has 0 atom stereocenters. The third kappa shape index (κ3) is 7.43. The first-order valence-corrected chi connectivity index (χ1v) is 10.8. The van der Waals surface area contributed by atoms with E-state index in [0.717, 1.165) is 12.8 Å². The molecule has 0 spiro atoms. The lowest BCUT2D eigenvalue weighted by Crippen LogP contribution is -2.26. The van der Waals surface area contributed by atoms with Crippen LogP contribution in [0.5, 0.6) is 5.75 Å². The number of amides is 1. The molecule has 0 saturated heterocycles. The number of carbonyl (C=O) groups excluding carboxylic acids is 1. The van der Waals surface area contributed by atoms with Crippen LogP contribution in [0.2, 0.25) is 0 Å². The number of sulfone groups is 1. The van der Waals surface area contributed by atoms with Crippen LogP contribution in [0.15, 0.2) is 59.5 Å². The molecule has 0 aliphatic heterocycles. The maximum absolute atomic E-state index is 12.4. The van der Waals surface area contributed by atoms with Crippen LogP contribution in [0.3, 0.4) is 0 Å². The molecule has 0 saturated carbocycles. The Balaban J connectivity index is 1.74. The van der Waals surface area contributed by atoms with Crippen molar-refractivity contribution in [3.63, 3.8) is 0 Å². The average molecular weight is 390 g/mol. The molecule has 2 rings (SSSR count). The lowest BCUT2D eigenvalue weighted by atomic mass is 10.1. The molecule has 0 heterocycles. The molecule has 0 aliphatic carbocycles. The van der Waals surface area contributed by atoms with Gasteiger partial charge in [0.25, 0.3) is 0 Å². The second-order valence-corrected chi connectivity index (χ2v) is 8.76. The van der Waals surface area contributed by atoms with Crippen LogP contribution in [0.4, 0.5) is 0 Å². The average Bonchev–Trinajstić information content (AvgIpc) is 2.64. The molecule has 0 aromatic heterocycles. The zero-order valence-electron chi connectivity index (χ0n) is 15.9. The molecule has 6 heteroatoms. The van der Waals surface area contributed by atoms with Crippen LogP contribution >= 0.6 is 0 Å². The van der Waals surface area contributed by atoms with Gasteiger partial charge in [0.15, 0.2) is 9.84 Å². The Morgan fingerprint density at radius 3 is 2.33 bits per heavy atom. The fourth-order valence-corrected chi connectivity index (χ4v) is 3.84. The largest absolute Gasteiger partial charge is 0.491 e. The van der Waals surface area contributed by atoms with E-state index in [4.69, 9.17) is 4.74 Å². The Morgan fingerprint density at radius 1 is 1.04 bits per heavy atom. The molecule has 2 aromatic carbocycles. The third-order valence-electron chi connectivity index (χ3n) is 3.96. The van der Waals surface area contributed by atoms with E-state index in [1.807, 2.05) is 44.2 Å². The standard InChI is InChI=1S/C21H27NO4S/c1-17(2)26-19-10-12-20(13-11-19)27(24,25)16-14-21(23)22-15-6-9-18-7-4-3-5-8-18/h3-5,7-8,10-13,17H,6,9,14-16H2,1-2H3,(H,22,23). The van der Waals surface area contributed by atoms with Gasteiger partial charge in [-0.15, -0.1) is 0 Å². The molecule has 0 unspecified atom stereocenters. The van der Waals surface area contributed by atoms with Crippen molar-refractivity contribution in [3.8, 4) is 5.75 Å². The number of nitrogens with one attached hydrogen (secondary N) is 1. The second kappa shape index (κ2) is 10.1. The first-order chi connectivity index (χ1) is 12.9. The van der Waals surface area contributed by atoms with Crippen LogP contribution in [-0.4, -0.2) is 32.7 Å². The summed E-state index contributed by atoms with van der Waals surface area (Å²) in [4.78, 5) is 12.1. The number of aryl methyl sites for hydroxylation is 1. The number of rotatable bonds is 10. The molecule has 2 aromatic rings. The van der Waals surface area contributed by atoms with Crippen molar-refractivity contribution in [1.29, 1.82) is 0 Å². The van der Waals surface area contributed by atoms with Gasteiger partial charge in [-0.3, -0.25) is 4.79 Å². The van der Waals surface area contributed by atoms with Gasteiger partial charge < -0.3 is 10.1 Å². The molecule has 0 aliphatic rings. The Hall–Kier alpha value is -2.34. The topological polar surface area (TPSA) is 72.5 Å². The van der Waals surface area contributed by atoms with Crippen molar-refractivity contribution in [2.75, 3.05) is 12.3 Å². The van der Waals surface area contributed by atoms with Gasteiger partial charge in [-0.05, 0) is 56.5 Å². The number of benzene rings is 2. The Morgan fingerprint density at radius 2 is 1.70 bits per heavy atom. The lowest BCUT2D eigenvalue weighted by molar-refractivity contribution is -0.120. The van der Waals surface area contributed by atoms with Gasteiger partial charge in [-0.2, -0.15) is 0 Å². The maximum atomic E-state index is 12.4. The molecular weight excluding hydrogens is 362 g/mol. The highest BCUT2D eigenvalue weighted by molar-refractivity contribution is 7.91. The van der Waals surface area contributed by atoms with Crippen molar-refractivity contribution in [3.05, 3.63) is 60.2 Å². The van der Waals surface area contributed by atoms with Gasteiger partial charge in [-0.1, -0.05) is 30.3 Å². The van der Waals surface area contributed by atoms with Crippen LogP contribution in [0, 0.1) is 0 Å². The summed E-state index contributed by atoms with van der Waals surface area (Å²) >= 11 is 0. The fraction of sp³-hybridized carbons (Fsp3) is 0.381. The van der Waals surface area contributed by atoms with Gasteiger partial charge in [0.2, 0.25) is 5.91 Å². The van der Waals surface area contributed by atoms with E-state index >= 15 is 0 Å². The van der Waals surface area contributed by atoms with Crippen molar-refractivity contribution in [2.24, 2.45) is 0 Å². The van der Waals surface area contributed by atoms with E-state index in [1.54, 1.807) is 12.1 Å². The molecule has 1 N–H and O–H groups in total. The summed E-state index contributed by atoms with van der Waals surface area (Å²) in [5, 5.41) is 2.78. The highest BCUT2D eigenvalue weighted by Gasteiger charge is 2.16. The summed E-state index contributed by atoms with van der Waals surface area (Å²) in [6.45, 7) is 4.35. The monoisotopic (exact) mass is 389 g/mol. The first-order valence-electron chi connectivity index (χ1n) is 9.17. The maximum Gasteiger partial charge on any atom is 0.221 e.